The third-order valence-electron chi connectivity index (χ3n) is 5.65. The Bertz CT molecular complexity index is 534. The van der Waals surface area contributed by atoms with Crippen LogP contribution in [0.15, 0.2) is 24.3 Å². The van der Waals surface area contributed by atoms with Gasteiger partial charge in [0, 0.05) is 7.92 Å². The van der Waals surface area contributed by atoms with E-state index in [4.69, 9.17) is 0 Å². The van der Waals surface area contributed by atoms with E-state index < -0.39 is 7.25 Å². The van der Waals surface area contributed by atoms with Gasteiger partial charge in [0.05, 0.1) is 16.6 Å². The first-order valence-corrected chi connectivity index (χ1v) is 11.6. The highest BCUT2D eigenvalue weighted by atomic mass is 31.1. The van der Waals surface area contributed by atoms with Crippen LogP contribution in [0, 0.1) is 0 Å². The van der Waals surface area contributed by atoms with E-state index in [1.165, 1.54) is 51.4 Å². The predicted molar refractivity (Wildman–Crippen MR) is 108 cm³/mol. The van der Waals surface area contributed by atoms with Crippen molar-refractivity contribution in [3.05, 3.63) is 29.8 Å². The molecule has 2 fully saturated rings. The molecule has 0 heterocycles. The minimum absolute atomic E-state index is 0.286. The Labute approximate surface area is 157 Å². The Balaban J connectivity index is 0.000000431. The summed E-state index contributed by atoms with van der Waals surface area (Å²) in [4.78, 5) is 0. The maximum atomic E-state index is 9.75. The summed E-state index contributed by atoms with van der Waals surface area (Å²) in [5, 5.41) is 1.76. The molecule has 0 spiro atoms. The lowest BCUT2D eigenvalue weighted by atomic mass is 9.87. The van der Waals surface area contributed by atoms with E-state index >= 15 is 0 Å². The Kier molecular flexibility index (Phi) is 7.59. The zero-order valence-corrected chi connectivity index (χ0v) is 17.2. The number of halogens is 4. The summed E-state index contributed by atoms with van der Waals surface area (Å²) in [5.74, 6) is 0. The summed E-state index contributed by atoms with van der Waals surface area (Å²) in [6.45, 7) is 7.05. The van der Waals surface area contributed by atoms with E-state index in [0.29, 0.717) is 0 Å². The van der Waals surface area contributed by atoms with Crippen LogP contribution < -0.4 is 5.30 Å². The van der Waals surface area contributed by atoms with Crippen LogP contribution >= 0.6 is 7.92 Å². The zero-order chi connectivity index (χ0) is 19.4. The molecule has 1 aromatic rings. The first-order chi connectivity index (χ1) is 12.1. The van der Waals surface area contributed by atoms with Crippen LogP contribution in [0.25, 0.3) is 0 Å². The van der Waals surface area contributed by atoms with Gasteiger partial charge in [-0.05, 0) is 74.5 Å². The molecule has 0 N–H and O–H groups in total. The van der Waals surface area contributed by atoms with Gasteiger partial charge in [-0.1, -0.05) is 32.9 Å². The number of rotatable bonds is 3. The van der Waals surface area contributed by atoms with Crippen molar-refractivity contribution >= 4 is 20.5 Å². The molecule has 2 saturated carbocycles. The fourth-order valence-corrected chi connectivity index (χ4v) is 8.72. The normalized spacial score (nSPS) is 19.7. The van der Waals surface area contributed by atoms with Crippen LogP contribution in [0.4, 0.5) is 17.3 Å². The molecule has 0 amide bonds. The highest BCUT2D eigenvalue weighted by molar-refractivity contribution is 7.67. The van der Waals surface area contributed by atoms with Crippen molar-refractivity contribution in [2.45, 2.75) is 88.9 Å². The topological polar surface area (TPSA) is 0 Å². The van der Waals surface area contributed by atoms with Gasteiger partial charge in [-0.15, -0.1) is 0 Å². The van der Waals surface area contributed by atoms with Gasteiger partial charge in [-0.2, -0.15) is 0 Å². The molecule has 0 radical (unpaired) electrons. The molecule has 0 unspecified atom stereocenters. The molecule has 0 atom stereocenters. The molecule has 3 rings (SSSR count). The summed E-state index contributed by atoms with van der Waals surface area (Å²) in [6.07, 6.45) is 12.0. The second kappa shape index (κ2) is 9.08. The zero-order valence-electron chi connectivity index (χ0n) is 16.2. The van der Waals surface area contributed by atoms with Gasteiger partial charge in [-0.3, -0.25) is 0 Å². The summed E-state index contributed by atoms with van der Waals surface area (Å²) in [6, 6.07) is 9.74. The lowest BCUT2D eigenvalue weighted by Crippen LogP contribution is -2.21. The first kappa shape index (κ1) is 21.7. The monoisotopic (exact) mass is 390 g/mol. The van der Waals surface area contributed by atoms with Crippen LogP contribution in [0.1, 0.15) is 77.7 Å². The predicted octanol–water partition coefficient (Wildman–Crippen LogP) is 7.01. The van der Waals surface area contributed by atoms with Gasteiger partial charge in [0.1, 0.15) is 0 Å². The molecule has 2 aliphatic carbocycles. The average molecular weight is 390 g/mol. The minimum atomic E-state index is -6.00. The lowest BCUT2D eigenvalue weighted by Gasteiger charge is -2.25. The Morgan fingerprint density at radius 3 is 1.65 bits per heavy atom. The Morgan fingerprint density at radius 2 is 1.27 bits per heavy atom. The van der Waals surface area contributed by atoms with Crippen molar-refractivity contribution in [3.8, 4) is 0 Å². The second-order valence-electron chi connectivity index (χ2n) is 8.74. The van der Waals surface area contributed by atoms with Crippen molar-refractivity contribution in [3.63, 3.8) is 0 Å². The van der Waals surface area contributed by atoms with Gasteiger partial charge in [-0.25, -0.2) is 0 Å². The van der Waals surface area contributed by atoms with Crippen LogP contribution in [0.5, 0.6) is 0 Å². The first-order valence-electron chi connectivity index (χ1n) is 9.90. The molecule has 6 heteroatoms. The number of benzene rings is 1. The van der Waals surface area contributed by atoms with E-state index in [-0.39, 0.29) is 13.3 Å². The van der Waals surface area contributed by atoms with Gasteiger partial charge in [0.25, 0.3) is 0 Å². The molecule has 2 aliphatic rings. The van der Waals surface area contributed by atoms with E-state index in [0.717, 1.165) is 11.3 Å². The average Bonchev–Trinajstić information content (AvgIpc) is 3.19. The van der Waals surface area contributed by atoms with E-state index in [1.54, 1.807) is 10.9 Å². The molecule has 0 nitrogen and oxygen atoms in total. The molecule has 26 heavy (non-hydrogen) atoms. The summed E-state index contributed by atoms with van der Waals surface area (Å²) in [7, 11) is -6.36. The highest BCUT2D eigenvalue weighted by Gasteiger charge is 2.40. The van der Waals surface area contributed by atoms with E-state index in [1.807, 2.05) is 0 Å². The standard InChI is InChI=1S/C20H31P.BF4/c1-20(2,3)16-9-8-14-19(15-16)21(17-10-4-5-11-17)18-12-6-7-13-18;2-1(3,4)5/h8-9,14-15,17-18H,4-7,10-13H2,1-3H3;/q;-1/p+1. The molecule has 1 aromatic carbocycles. The minimum Gasteiger partial charge on any atom is -0.418 e. The molecular formula is C20H32BF4P. The van der Waals surface area contributed by atoms with Crippen molar-refractivity contribution in [2.24, 2.45) is 0 Å². The quantitative estimate of drug-likeness (QED) is 0.296. The lowest BCUT2D eigenvalue weighted by molar-refractivity contribution is 0.368. The maximum absolute atomic E-state index is 9.75. The van der Waals surface area contributed by atoms with Gasteiger partial charge in [0.2, 0.25) is 0 Å². The fourth-order valence-electron chi connectivity index (χ4n) is 4.44. The molecule has 0 aromatic heterocycles. The van der Waals surface area contributed by atoms with Crippen molar-refractivity contribution in [1.82, 2.24) is 0 Å². The molecule has 148 valence electrons. The molecular weight excluding hydrogens is 358 g/mol. The van der Waals surface area contributed by atoms with Gasteiger partial charge < -0.3 is 17.3 Å². The van der Waals surface area contributed by atoms with Crippen molar-refractivity contribution < 1.29 is 17.3 Å². The fraction of sp³-hybridized carbons (Fsp3) is 0.700. The van der Waals surface area contributed by atoms with Crippen molar-refractivity contribution in [2.75, 3.05) is 0 Å². The van der Waals surface area contributed by atoms with Gasteiger partial charge in [0.15, 0.2) is 0 Å². The van der Waals surface area contributed by atoms with Crippen LogP contribution in [0.2, 0.25) is 0 Å². The number of hydrogen-bond donors (Lipinski definition) is 0. The summed E-state index contributed by atoms with van der Waals surface area (Å²) < 4.78 is 39.0. The Hall–Kier alpha value is -0.565. The smallest absolute Gasteiger partial charge is 0.418 e. The van der Waals surface area contributed by atoms with Crippen molar-refractivity contribution in [1.29, 1.82) is 0 Å². The highest BCUT2D eigenvalue weighted by Crippen LogP contribution is 2.56. The maximum Gasteiger partial charge on any atom is 0.673 e. The van der Waals surface area contributed by atoms with Crippen LogP contribution in [-0.4, -0.2) is 18.6 Å². The third-order valence-corrected chi connectivity index (χ3v) is 9.54. The van der Waals surface area contributed by atoms with Crippen LogP contribution in [0.3, 0.4) is 0 Å². The second-order valence-corrected chi connectivity index (χ2v) is 11.9. The molecule has 0 bridgehead atoms. The Morgan fingerprint density at radius 1 is 0.846 bits per heavy atom. The SMILES string of the molecule is CC(C)(C)c1cccc([PH+](C2CCCC2)C2CCCC2)c1.F[B-](F)(F)F. The third kappa shape index (κ3) is 6.87. The van der Waals surface area contributed by atoms with E-state index in [2.05, 4.69) is 45.0 Å². The van der Waals surface area contributed by atoms with Crippen LogP contribution in [-0.2, 0) is 5.41 Å². The summed E-state index contributed by atoms with van der Waals surface area (Å²) >= 11 is 0. The molecule has 0 saturated heterocycles. The largest absolute Gasteiger partial charge is 0.673 e. The van der Waals surface area contributed by atoms with Gasteiger partial charge >= 0.3 is 7.25 Å². The summed E-state index contributed by atoms with van der Waals surface area (Å²) in [5.41, 5.74) is 3.95. The number of hydrogen-bond acceptors (Lipinski definition) is 0. The molecule has 0 aliphatic heterocycles. The van der Waals surface area contributed by atoms with E-state index in [9.17, 15) is 17.3 Å².